The number of nitriles is 1. The van der Waals surface area contributed by atoms with Crippen LogP contribution in [0.15, 0.2) is 21.9 Å². The van der Waals surface area contributed by atoms with Gasteiger partial charge in [0.1, 0.15) is 6.54 Å². The Morgan fingerprint density at radius 3 is 2.79 bits per heavy atom. The van der Waals surface area contributed by atoms with Crippen molar-refractivity contribution in [2.45, 2.75) is 26.4 Å². The molecule has 1 aromatic heterocycles. The van der Waals surface area contributed by atoms with Crippen LogP contribution in [-0.2, 0) is 13.1 Å². The second-order valence-electron chi connectivity index (χ2n) is 2.87. The SMILES string of the molecule is CCCn1ccc(=O)n(CC#N)c1=O. The van der Waals surface area contributed by atoms with Gasteiger partial charge in [-0.25, -0.2) is 9.36 Å². The van der Waals surface area contributed by atoms with E-state index in [-0.39, 0.29) is 6.54 Å². The molecule has 0 bridgehead atoms. The van der Waals surface area contributed by atoms with E-state index < -0.39 is 11.2 Å². The number of hydrogen-bond acceptors (Lipinski definition) is 3. The minimum absolute atomic E-state index is 0.192. The Bertz CT molecular complexity index is 464. The first-order valence-electron chi connectivity index (χ1n) is 4.38. The lowest BCUT2D eigenvalue weighted by Crippen LogP contribution is -2.38. The summed E-state index contributed by atoms with van der Waals surface area (Å²) in [6.45, 7) is 2.30. The lowest BCUT2D eigenvalue weighted by Gasteiger charge is -2.05. The predicted octanol–water partition coefficient (Wildman–Crippen LogP) is -0.0564. The highest BCUT2D eigenvalue weighted by Gasteiger charge is 2.02. The van der Waals surface area contributed by atoms with Gasteiger partial charge in [0.2, 0.25) is 0 Å². The molecule has 0 unspecified atom stereocenters. The highest BCUT2D eigenvalue weighted by molar-refractivity contribution is 4.88. The molecule has 0 aliphatic carbocycles. The standard InChI is InChI=1S/C9H11N3O2/c1-2-5-11-6-3-8(13)12(7-4-10)9(11)14/h3,6H,2,5,7H2,1H3. The van der Waals surface area contributed by atoms with Gasteiger partial charge in [0.05, 0.1) is 6.07 Å². The molecule has 14 heavy (non-hydrogen) atoms. The molecule has 0 saturated heterocycles. The molecule has 0 N–H and O–H groups in total. The largest absolute Gasteiger partial charge is 0.331 e. The molecular weight excluding hydrogens is 182 g/mol. The first kappa shape index (κ1) is 10.3. The van der Waals surface area contributed by atoms with E-state index >= 15 is 0 Å². The maximum atomic E-state index is 11.5. The smallest absolute Gasteiger partial charge is 0.300 e. The first-order chi connectivity index (χ1) is 6.70. The van der Waals surface area contributed by atoms with Gasteiger partial charge in [0.15, 0.2) is 0 Å². The third kappa shape index (κ3) is 1.91. The van der Waals surface area contributed by atoms with Gasteiger partial charge in [0.25, 0.3) is 5.56 Å². The molecule has 0 fully saturated rings. The topological polar surface area (TPSA) is 67.8 Å². The van der Waals surface area contributed by atoms with Gasteiger partial charge in [-0.05, 0) is 6.42 Å². The van der Waals surface area contributed by atoms with Crippen molar-refractivity contribution in [1.82, 2.24) is 9.13 Å². The summed E-state index contributed by atoms with van der Waals surface area (Å²) in [7, 11) is 0. The van der Waals surface area contributed by atoms with Gasteiger partial charge < -0.3 is 4.57 Å². The Balaban J connectivity index is 3.28. The van der Waals surface area contributed by atoms with Crippen molar-refractivity contribution in [2.24, 2.45) is 0 Å². The molecule has 5 nitrogen and oxygen atoms in total. The lowest BCUT2D eigenvalue weighted by atomic mass is 10.4. The van der Waals surface area contributed by atoms with Crippen molar-refractivity contribution in [2.75, 3.05) is 0 Å². The molecule has 1 heterocycles. The van der Waals surface area contributed by atoms with Gasteiger partial charge in [-0.2, -0.15) is 5.26 Å². The van der Waals surface area contributed by atoms with Crippen LogP contribution < -0.4 is 11.2 Å². The average Bonchev–Trinajstić information content (AvgIpc) is 2.17. The normalized spacial score (nSPS) is 9.71. The highest BCUT2D eigenvalue weighted by Crippen LogP contribution is 1.83. The fourth-order valence-corrected chi connectivity index (χ4v) is 1.18. The van der Waals surface area contributed by atoms with Crippen molar-refractivity contribution in [1.29, 1.82) is 5.26 Å². The molecule has 0 saturated carbocycles. The van der Waals surface area contributed by atoms with Crippen molar-refractivity contribution in [3.05, 3.63) is 33.1 Å². The molecule has 0 aromatic carbocycles. The van der Waals surface area contributed by atoms with E-state index in [0.29, 0.717) is 6.54 Å². The fraction of sp³-hybridized carbons (Fsp3) is 0.444. The molecule has 1 rings (SSSR count). The number of aryl methyl sites for hydroxylation is 1. The van der Waals surface area contributed by atoms with E-state index in [1.165, 1.54) is 16.8 Å². The molecule has 0 spiro atoms. The van der Waals surface area contributed by atoms with E-state index in [0.717, 1.165) is 11.0 Å². The zero-order valence-electron chi connectivity index (χ0n) is 7.93. The maximum absolute atomic E-state index is 11.5. The lowest BCUT2D eigenvalue weighted by molar-refractivity contribution is 0.577. The van der Waals surface area contributed by atoms with Crippen LogP contribution in [0.1, 0.15) is 13.3 Å². The third-order valence-electron chi connectivity index (χ3n) is 1.83. The Kier molecular flexibility index (Phi) is 3.24. The third-order valence-corrected chi connectivity index (χ3v) is 1.83. The van der Waals surface area contributed by atoms with Crippen LogP contribution in [0.5, 0.6) is 0 Å². The van der Waals surface area contributed by atoms with Crippen LogP contribution in [0, 0.1) is 11.3 Å². The molecule has 0 aliphatic heterocycles. The summed E-state index contributed by atoms with van der Waals surface area (Å²) in [4.78, 5) is 22.7. The fourth-order valence-electron chi connectivity index (χ4n) is 1.18. The average molecular weight is 193 g/mol. The van der Waals surface area contributed by atoms with E-state index in [9.17, 15) is 9.59 Å². The molecule has 0 amide bonds. The summed E-state index contributed by atoms with van der Waals surface area (Å²) >= 11 is 0. The van der Waals surface area contributed by atoms with Crippen LogP contribution in [-0.4, -0.2) is 9.13 Å². The summed E-state index contributed by atoms with van der Waals surface area (Å²) < 4.78 is 2.36. The van der Waals surface area contributed by atoms with Gasteiger partial charge in [-0.1, -0.05) is 6.92 Å². The second kappa shape index (κ2) is 4.42. The Hall–Kier alpha value is -1.83. The molecule has 1 aromatic rings. The van der Waals surface area contributed by atoms with E-state index in [1.54, 1.807) is 6.07 Å². The number of hydrogen-bond donors (Lipinski definition) is 0. The summed E-state index contributed by atoms with van der Waals surface area (Å²) in [5.74, 6) is 0. The number of rotatable bonds is 3. The van der Waals surface area contributed by atoms with Gasteiger partial charge >= 0.3 is 5.69 Å². The molecule has 0 aliphatic rings. The second-order valence-corrected chi connectivity index (χ2v) is 2.87. The van der Waals surface area contributed by atoms with Crippen LogP contribution >= 0.6 is 0 Å². The molecular formula is C9H11N3O2. The number of nitrogens with zero attached hydrogens (tertiary/aromatic N) is 3. The summed E-state index contributed by atoms with van der Waals surface area (Å²) in [6.07, 6.45) is 2.27. The molecule has 5 heteroatoms. The van der Waals surface area contributed by atoms with Gasteiger partial charge in [-0.3, -0.25) is 4.79 Å². The van der Waals surface area contributed by atoms with Crippen molar-refractivity contribution in [3.63, 3.8) is 0 Å². The van der Waals surface area contributed by atoms with Crippen LogP contribution in [0.4, 0.5) is 0 Å². The number of aromatic nitrogens is 2. The molecule has 0 radical (unpaired) electrons. The quantitative estimate of drug-likeness (QED) is 0.675. The Labute approximate surface area is 80.8 Å². The van der Waals surface area contributed by atoms with E-state index in [4.69, 9.17) is 5.26 Å². The zero-order chi connectivity index (χ0) is 10.6. The zero-order valence-corrected chi connectivity index (χ0v) is 7.93. The minimum Gasteiger partial charge on any atom is -0.300 e. The molecule has 0 atom stereocenters. The summed E-state index contributed by atoms with van der Waals surface area (Å²) in [6, 6.07) is 3.08. The van der Waals surface area contributed by atoms with E-state index in [2.05, 4.69) is 0 Å². The Morgan fingerprint density at radius 1 is 1.50 bits per heavy atom. The predicted molar refractivity (Wildman–Crippen MR) is 50.9 cm³/mol. The van der Waals surface area contributed by atoms with Crippen LogP contribution in [0.2, 0.25) is 0 Å². The first-order valence-corrected chi connectivity index (χ1v) is 4.38. The van der Waals surface area contributed by atoms with Gasteiger partial charge in [-0.15, -0.1) is 0 Å². The van der Waals surface area contributed by atoms with Crippen LogP contribution in [0.3, 0.4) is 0 Å². The highest BCUT2D eigenvalue weighted by atomic mass is 16.2. The molecule has 74 valence electrons. The summed E-state index contributed by atoms with van der Waals surface area (Å²) in [5.41, 5.74) is -0.843. The van der Waals surface area contributed by atoms with Gasteiger partial charge in [0, 0.05) is 18.8 Å². The monoisotopic (exact) mass is 193 g/mol. The Morgan fingerprint density at radius 2 is 2.21 bits per heavy atom. The van der Waals surface area contributed by atoms with Crippen molar-refractivity contribution >= 4 is 0 Å². The maximum Gasteiger partial charge on any atom is 0.331 e. The summed E-state index contributed by atoms with van der Waals surface area (Å²) in [5, 5.41) is 8.43. The van der Waals surface area contributed by atoms with Crippen LogP contribution in [0.25, 0.3) is 0 Å². The van der Waals surface area contributed by atoms with Crippen molar-refractivity contribution in [3.8, 4) is 6.07 Å². The van der Waals surface area contributed by atoms with E-state index in [1.807, 2.05) is 6.92 Å². The van der Waals surface area contributed by atoms with Crippen molar-refractivity contribution < 1.29 is 0 Å². The minimum atomic E-state index is -0.427.